The monoisotopic (exact) mass is 472 g/mol. The Bertz CT molecular complexity index is 678. The molecule has 2 bridgehead atoms. The van der Waals surface area contributed by atoms with E-state index in [0.29, 0.717) is 0 Å². The number of amides is 1. The molecule has 34 heavy (non-hydrogen) atoms. The first-order valence-electron chi connectivity index (χ1n) is 14.3. The largest absolute Gasteiger partial charge is 0.358 e. The van der Waals surface area contributed by atoms with E-state index >= 15 is 0 Å². The van der Waals surface area contributed by atoms with E-state index in [-0.39, 0.29) is 0 Å². The SMILES string of the molecule is C/C=C(\CC)CCNC=O.CC.CC.CC.Cc1ccc2c(c1)C1CCN(CC3CC3)C(C2)C1. The molecule has 196 valence electrons. The van der Waals surface area contributed by atoms with Gasteiger partial charge in [-0.25, -0.2) is 0 Å². The number of fused-ring (bicyclic) bond motifs is 4. The van der Waals surface area contributed by atoms with E-state index in [0.717, 1.165) is 43.7 Å². The lowest BCUT2D eigenvalue weighted by molar-refractivity contribution is -0.109. The number of nitrogens with zero attached hydrogens (tertiary/aromatic N) is 1. The second kappa shape index (κ2) is 19.7. The van der Waals surface area contributed by atoms with Crippen molar-refractivity contribution in [2.45, 2.75) is 119 Å². The minimum atomic E-state index is 0.739. The van der Waals surface area contributed by atoms with Gasteiger partial charge < -0.3 is 5.32 Å². The van der Waals surface area contributed by atoms with Gasteiger partial charge in [-0.3, -0.25) is 9.69 Å². The smallest absolute Gasteiger partial charge is 0.207 e. The third-order valence-electron chi connectivity index (χ3n) is 6.76. The number of carbonyl (C=O) groups is 1. The third-order valence-corrected chi connectivity index (χ3v) is 6.76. The maximum Gasteiger partial charge on any atom is 0.207 e. The number of carbonyl (C=O) groups excluding carboxylic acids is 1. The topological polar surface area (TPSA) is 32.3 Å². The Hall–Kier alpha value is -1.61. The molecule has 1 heterocycles. The number of aryl methyl sites for hydroxylation is 1. The fourth-order valence-corrected chi connectivity index (χ4v) is 4.82. The maximum atomic E-state index is 9.83. The van der Waals surface area contributed by atoms with Crippen molar-refractivity contribution in [3.63, 3.8) is 0 Å². The van der Waals surface area contributed by atoms with Crippen LogP contribution in [0, 0.1) is 12.8 Å². The van der Waals surface area contributed by atoms with Gasteiger partial charge in [-0.15, -0.1) is 0 Å². The maximum absolute atomic E-state index is 9.83. The summed E-state index contributed by atoms with van der Waals surface area (Å²) < 4.78 is 0. The van der Waals surface area contributed by atoms with Crippen LogP contribution in [0.5, 0.6) is 0 Å². The number of hydrogen-bond acceptors (Lipinski definition) is 2. The molecule has 1 saturated heterocycles. The Morgan fingerprint density at radius 1 is 1.09 bits per heavy atom. The fraction of sp³-hybridized carbons (Fsp3) is 0.710. The summed E-state index contributed by atoms with van der Waals surface area (Å²) in [6, 6.07) is 7.99. The molecule has 2 fully saturated rings. The molecule has 2 atom stereocenters. The van der Waals surface area contributed by atoms with Gasteiger partial charge in [0, 0.05) is 19.1 Å². The average Bonchev–Trinajstić information content (AvgIpc) is 3.72. The number of piperidine rings is 1. The van der Waals surface area contributed by atoms with Gasteiger partial charge in [0.1, 0.15) is 0 Å². The lowest BCUT2D eigenvalue weighted by atomic mass is 9.75. The average molecular weight is 473 g/mol. The summed E-state index contributed by atoms with van der Waals surface area (Å²) in [6.45, 7) is 21.9. The summed E-state index contributed by atoms with van der Waals surface area (Å²) in [6.07, 6.45) is 12.0. The van der Waals surface area contributed by atoms with Crippen LogP contribution < -0.4 is 5.32 Å². The van der Waals surface area contributed by atoms with Crippen LogP contribution in [-0.2, 0) is 11.2 Å². The van der Waals surface area contributed by atoms with E-state index in [9.17, 15) is 4.79 Å². The van der Waals surface area contributed by atoms with Crippen molar-refractivity contribution in [2.75, 3.05) is 19.6 Å². The van der Waals surface area contributed by atoms with E-state index < -0.39 is 0 Å². The Kier molecular flexibility index (Phi) is 18.7. The van der Waals surface area contributed by atoms with Crippen LogP contribution in [-0.4, -0.2) is 37.0 Å². The molecule has 3 aliphatic rings. The van der Waals surface area contributed by atoms with Gasteiger partial charge in [0.05, 0.1) is 0 Å². The zero-order chi connectivity index (χ0) is 25.9. The number of nitrogens with one attached hydrogen (secondary N) is 1. The molecular weight excluding hydrogens is 416 g/mol. The highest BCUT2D eigenvalue weighted by Gasteiger charge is 2.37. The summed E-state index contributed by atoms with van der Waals surface area (Å²) in [4.78, 5) is 12.6. The molecule has 0 spiro atoms. The molecular formula is C31H56N2O. The molecule has 2 aliphatic carbocycles. The van der Waals surface area contributed by atoms with E-state index in [2.05, 4.69) is 48.3 Å². The Balaban J connectivity index is 0.000000588. The number of rotatable bonds is 7. The van der Waals surface area contributed by atoms with Gasteiger partial charge in [-0.1, -0.05) is 83.9 Å². The molecule has 0 radical (unpaired) electrons. The van der Waals surface area contributed by atoms with Crippen molar-refractivity contribution in [1.82, 2.24) is 10.2 Å². The van der Waals surface area contributed by atoms with Gasteiger partial charge in [0.15, 0.2) is 0 Å². The predicted molar refractivity (Wildman–Crippen MR) is 152 cm³/mol. The van der Waals surface area contributed by atoms with Crippen molar-refractivity contribution < 1.29 is 4.79 Å². The summed E-state index contributed by atoms with van der Waals surface area (Å²) in [5, 5.41) is 2.63. The number of likely N-dealkylation sites (tertiary alicyclic amines) is 1. The van der Waals surface area contributed by atoms with E-state index in [1.54, 1.807) is 11.1 Å². The third kappa shape index (κ3) is 11.2. The molecule has 1 aromatic rings. The molecule has 0 aromatic heterocycles. The van der Waals surface area contributed by atoms with Gasteiger partial charge in [-0.05, 0) is 88.3 Å². The second-order valence-corrected chi connectivity index (χ2v) is 8.84. The van der Waals surface area contributed by atoms with Crippen LogP contribution in [0.25, 0.3) is 0 Å². The van der Waals surface area contributed by atoms with Crippen molar-refractivity contribution in [2.24, 2.45) is 5.92 Å². The number of benzene rings is 1. The Morgan fingerprint density at radius 3 is 2.32 bits per heavy atom. The summed E-state index contributed by atoms with van der Waals surface area (Å²) in [5.74, 6) is 1.90. The van der Waals surface area contributed by atoms with Crippen molar-refractivity contribution in [1.29, 1.82) is 0 Å². The van der Waals surface area contributed by atoms with Gasteiger partial charge in [0.2, 0.25) is 6.41 Å². The lowest BCUT2D eigenvalue weighted by Gasteiger charge is -2.44. The highest BCUT2D eigenvalue weighted by atomic mass is 16.1. The molecule has 4 rings (SSSR count). The second-order valence-electron chi connectivity index (χ2n) is 8.84. The van der Waals surface area contributed by atoms with Crippen LogP contribution in [0.2, 0.25) is 0 Å². The number of allylic oxidation sites excluding steroid dienone is 1. The van der Waals surface area contributed by atoms with Gasteiger partial charge in [-0.2, -0.15) is 0 Å². The first-order chi connectivity index (χ1) is 16.6. The van der Waals surface area contributed by atoms with Crippen LogP contribution in [0.15, 0.2) is 29.8 Å². The fourth-order valence-electron chi connectivity index (χ4n) is 4.82. The van der Waals surface area contributed by atoms with Crippen molar-refractivity contribution in [3.05, 3.63) is 46.5 Å². The minimum absolute atomic E-state index is 0.739. The van der Waals surface area contributed by atoms with Gasteiger partial charge >= 0.3 is 0 Å². The molecule has 3 heteroatoms. The molecule has 2 unspecified atom stereocenters. The molecule has 1 aliphatic heterocycles. The lowest BCUT2D eigenvalue weighted by Crippen LogP contribution is -2.46. The van der Waals surface area contributed by atoms with Crippen LogP contribution in [0.1, 0.15) is 117 Å². The summed E-state index contributed by atoms with van der Waals surface area (Å²) in [7, 11) is 0. The Morgan fingerprint density at radius 2 is 1.76 bits per heavy atom. The highest BCUT2D eigenvalue weighted by molar-refractivity contribution is 5.45. The van der Waals surface area contributed by atoms with Crippen molar-refractivity contribution >= 4 is 6.41 Å². The molecule has 3 nitrogen and oxygen atoms in total. The molecule has 1 aromatic carbocycles. The summed E-state index contributed by atoms with van der Waals surface area (Å²) in [5.41, 5.74) is 6.15. The normalized spacial score (nSPS) is 20.3. The van der Waals surface area contributed by atoms with E-state index in [1.165, 1.54) is 56.3 Å². The quantitative estimate of drug-likeness (QED) is 0.247. The zero-order valence-electron chi connectivity index (χ0n) is 24.0. The predicted octanol–water partition coefficient (Wildman–Crippen LogP) is 8.07. The molecule has 1 N–H and O–H groups in total. The molecule has 1 saturated carbocycles. The first-order valence-corrected chi connectivity index (χ1v) is 14.3. The van der Waals surface area contributed by atoms with E-state index in [1.807, 2.05) is 48.5 Å². The highest BCUT2D eigenvalue weighted by Crippen LogP contribution is 2.41. The Labute approximate surface area is 212 Å². The first kappa shape index (κ1) is 32.4. The van der Waals surface area contributed by atoms with Crippen LogP contribution >= 0.6 is 0 Å². The number of hydrogen-bond donors (Lipinski definition) is 1. The van der Waals surface area contributed by atoms with Crippen molar-refractivity contribution in [3.8, 4) is 0 Å². The zero-order valence-corrected chi connectivity index (χ0v) is 24.0. The molecule has 1 amide bonds. The standard InChI is InChI=1S/C17H23N.C8H15NO.3C2H6/c1-12-2-5-14-9-16-10-15(17(14)8-12)6-7-18(16)11-13-3-4-13;1-3-8(4-2)5-6-9-7-10;3*1-2/h2,5,8,13,15-16H,3-4,6-7,9-11H2,1H3;3,7H,4-6H2,1-2H3,(H,9,10);3*1-2H3/b;8-3+;;;. The van der Waals surface area contributed by atoms with Crippen LogP contribution in [0.3, 0.4) is 0 Å². The summed E-state index contributed by atoms with van der Waals surface area (Å²) >= 11 is 0. The van der Waals surface area contributed by atoms with Gasteiger partial charge in [0.25, 0.3) is 0 Å². The van der Waals surface area contributed by atoms with Crippen LogP contribution in [0.4, 0.5) is 0 Å². The van der Waals surface area contributed by atoms with E-state index in [4.69, 9.17) is 0 Å². The minimum Gasteiger partial charge on any atom is -0.358 e.